The Morgan fingerprint density at radius 1 is 1.50 bits per heavy atom. The zero-order valence-corrected chi connectivity index (χ0v) is 9.96. The van der Waals surface area contributed by atoms with E-state index in [0.29, 0.717) is 13.0 Å². The van der Waals surface area contributed by atoms with E-state index in [0.717, 1.165) is 7.11 Å². The molecule has 1 rings (SSSR count). The van der Waals surface area contributed by atoms with E-state index in [1.54, 1.807) is 0 Å². The molecule has 0 aliphatic carbocycles. The molecule has 0 saturated carbocycles. The Morgan fingerprint density at radius 2 is 2.17 bits per heavy atom. The number of carboxylic acid groups (broad SMARTS) is 1. The van der Waals surface area contributed by atoms with Gasteiger partial charge in [-0.15, -0.1) is 0 Å². The lowest BCUT2D eigenvalue weighted by Crippen LogP contribution is -2.48. The van der Waals surface area contributed by atoms with Crippen molar-refractivity contribution in [1.29, 1.82) is 0 Å². The first-order chi connectivity index (χ1) is 8.43. The van der Waals surface area contributed by atoms with Gasteiger partial charge in [0.15, 0.2) is 0 Å². The number of carbonyl (C=O) groups is 3. The molecular weight excluding hydrogens is 244 g/mol. The normalized spacial score (nSPS) is 20.3. The summed E-state index contributed by atoms with van der Waals surface area (Å²) < 4.78 is 4.35. The molecule has 1 saturated heterocycles. The van der Waals surface area contributed by atoms with Crippen LogP contribution in [-0.4, -0.2) is 65.4 Å². The Labute approximate surface area is 104 Å². The summed E-state index contributed by atoms with van der Waals surface area (Å²) in [6, 6.07) is -1.94. The fourth-order valence-corrected chi connectivity index (χ4v) is 1.62. The highest BCUT2D eigenvalue weighted by Crippen LogP contribution is 2.09. The molecule has 18 heavy (non-hydrogen) atoms. The third-order valence-corrected chi connectivity index (χ3v) is 2.64. The summed E-state index contributed by atoms with van der Waals surface area (Å²) in [5, 5.41) is 20.4. The van der Waals surface area contributed by atoms with Gasteiger partial charge >= 0.3 is 18.0 Å². The van der Waals surface area contributed by atoms with Crippen molar-refractivity contribution in [3.8, 4) is 0 Å². The number of esters is 1. The molecule has 3 N–H and O–H groups in total. The second-order valence-electron chi connectivity index (χ2n) is 4.01. The van der Waals surface area contributed by atoms with Crippen LogP contribution in [0.15, 0.2) is 0 Å². The number of aliphatic carboxylic acids is 1. The van der Waals surface area contributed by atoms with Crippen LogP contribution in [0, 0.1) is 0 Å². The van der Waals surface area contributed by atoms with E-state index in [-0.39, 0.29) is 6.54 Å². The molecule has 1 fully saturated rings. The number of carboxylic acids is 1. The number of nitrogens with zero attached hydrogens (tertiary/aromatic N) is 1. The molecular formula is C10H16N2O6. The maximum Gasteiger partial charge on any atom is 0.326 e. The standard InChI is InChI=1S/C10H16N2O6/c1-18-8(14)4-7(9(15)16)11-10(17)12-3-2-6(13)5-12/h6-7,13H,2-5H2,1H3,(H,11,17)(H,15,16)/t6?,7-/m0/s1. The number of hydrogen-bond acceptors (Lipinski definition) is 5. The van der Waals surface area contributed by atoms with Gasteiger partial charge in [0.1, 0.15) is 6.04 Å². The van der Waals surface area contributed by atoms with Gasteiger partial charge in [-0.1, -0.05) is 0 Å². The lowest BCUT2D eigenvalue weighted by Gasteiger charge is -2.20. The van der Waals surface area contributed by atoms with Gasteiger partial charge in [-0.25, -0.2) is 9.59 Å². The third kappa shape index (κ3) is 3.88. The second kappa shape index (κ2) is 6.20. The first kappa shape index (κ1) is 14.2. The smallest absolute Gasteiger partial charge is 0.326 e. The van der Waals surface area contributed by atoms with Crippen molar-refractivity contribution in [3.05, 3.63) is 0 Å². The molecule has 2 amide bonds. The van der Waals surface area contributed by atoms with Crippen molar-refractivity contribution < 1.29 is 29.3 Å². The molecule has 8 heteroatoms. The summed E-state index contributed by atoms with van der Waals surface area (Å²) in [6.07, 6.45) is -0.560. The van der Waals surface area contributed by atoms with Gasteiger partial charge in [0, 0.05) is 13.1 Å². The predicted molar refractivity (Wildman–Crippen MR) is 58.8 cm³/mol. The van der Waals surface area contributed by atoms with Gasteiger partial charge in [-0.3, -0.25) is 4.79 Å². The molecule has 2 atom stereocenters. The molecule has 0 aromatic carbocycles. The fraction of sp³-hybridized carbons (Fsp3) is 0.700. The summed E-state index contributed by atoms with van der Waals surface area (Å²) in [5.74, 6) is -2.03. The highest BCUT2D eigenvalue weighted by molar-refractivity contribution is 5.86. The minimum absolute atomic E-state index is 0.163. The van der Waals surface area contributed by atoms with Crippen molar-refractivity contribution in [3.63, 3.8) is 0 Å². The van der Waals surface area contributed by atoms with Crippen LogP contribution in [-0.2, 0) is 14.3 Å². The molecule has 0 aromatic heterocycles. The highest BCUT2D eigenvalue weighted by atomic mass is 16.5. The largest absolute Gasteiger partial charge is 0.480 e. The Kier molecular flexibility index (Phi) is 4.90. The number of aliphatic hydroxyl groups excluding tert-OH is 1. The highest BCUT2D eigenvalue weighted by Gasteiger charge is 2.29. The summed E-state index contributed by atoms with van der Waals surface area (Å²) in [4.78, 5) is 34.8. The number of nitrogens with one attached hydrogen (secondary N) is 1. The number of aliphatic hydroxyl groups is 1. The summed E-state index contributed by atoms with van der Waals surface area (Å²) in [7, 11) is 1.14. The Hall–Kier alpha value is -1.83. The van der Waals surface area contributed by atoms with Crippen LogP contribution in [0.1, 0.15) is 12.8 Å². The number of likely N-dealkylation sites (tertiary alicyclic amines) is 1. The van der Waals surface area contributed by atoms with Crippen LogP contribution >= 0.6 is 0 Å². The fourth-order valence-electron chi connectivity index (χ4n) is 1.62. The van der Waals surface area contributed by atoms with E-state index < -0.39 is 36.5 Å². The molecule has 0 radical (unpaired) electrons. The van der Waals surface area contributed by atoms with Crippen LogP contribution in [0.4, 0.5) is 4.79 Å². The van der Waals surface area contributed by atoms with Crippen molar-refractivity contribution >= 4 is 18.0 Å². The first-order valence-electron chi connectivity index (χ1n) is 5.47. The Bertz CT molecular complexity index is 345. The zero-order valence-electron chi connectivity index (χ0n) is 9.96. The van der Waals surface area contributed by atoms with Crippen molar-refractivity contribution in [2.24, 2.45) is 0 Å². The number of hydrogen-bond donors (Lipinski definition) is 3. The van der Waals surface area contributed by atoms with Crippen LogP contribution < -0.4 is 5.32 Å². The minimum Gasteiger partial charge on any atom is -0.480 e. The average molecular weight is 260 g/mol. The first-order valence-corrected chi connectivity index (χ1v) is 5.47. The maximum atomic E-state index is 11.7. The van der Waals surface area contributed by atoms with E-state index >= 15 is 0 Å². The lowest BCUT2D eigenvalue weighted by atomic mass is 10.2. The Balaban J connectivity index is 2.52. The SMILES string of the molecule is COC(=O)C[C@H](NC(=O)N1CCC(O)C1)C(=O)O. The van der Waals surface area contributed by atoms with Gasteiger partial charge in [0.05, 0.1) is 19.6 Å². The molecule has 0 bridgehead atoms. The molecule has 0 spiro atoms. The number of rotatable bonds is 4. The second-order valence-corrected chi connectivity index (χ2v) is 4.01. The van der Waals surface area contributed by atoms with Crippen LogP contribution in [0.5, 0.6) is 0 Å². The van der Waals surface area contributed by atoms with Gasteiger partial charge in [0.2, 0.25) is 0 Å². The lowest BCUT2D eigenvalue weighted by molar-refractivity contribution is -0.147. The summed E-state index contributed by atoms with van der Waals surface area (Å²) in [6.45, 7) is 0.522. The summed E-state index contributed by atoms with van der Waals surface area (Å²) in [5.41, 5.74) is 0. The maximum absolute atomic E-state index is 11.7. The zero-order chi connectivity index (χ0) is 13.7. The van der Waals surface area contributed by atoms with Gasteiger partial charge < -0.3 is 25.2 Å². The van der Waals surface area contributed by atoms with Gasteiger partial charge in [-0.2, -0.15) is 0 Å². The number of ether oxygens (including phenoxy) is 1. The molecule has 1 unspecified atom stereocenters. The topological polar surface area (TPSA) is 116 Å². The van der Waals surface area contributed by atoms with E-state index in [1.165, 1.54) is 4.90 Å². The quantitative estimate of drug-likeness (QED) is 0.545. The average Bonchev–Trinajstić information content (AvgIpc) is 2.74. The van der Waals surface area contributed by atoms with Gasteiger partial charge in [0.25, 0.3) is 0 Å². The number of methoxy groups -OCH3 is 1. The van der Waals surface area contributed by atoms with Crippen LogP contribution in [0.2, 0.25) is 0 Å². The Morgan fingerprint density at radius 3 is 2.61 bits per heavy atom. The van der Waals surface area contributed by atoms with Crippen LogP contribution in [0.3, 0.4) is 0 Å². The number of amides is 2. The summed E-state index contributed by atoms with van der Waals surface area (Å²) >= 11 is 0. The van der Waals surface area contributed by atoms with E-state index in [9.17, 15) is 19.5 Å². The minimum atomic E-state index is -1.33. The molecule has 8 nitrogen and oxygen atoms in total. The number of urea groups is 1. The monoisotopic (exact) mass is 260 g/mol. The molecule has 1 aliphatic heterocycles. The molecule has 102 valence electrons. The molecule has 1 aliphatic rings. The number of β-amino-alcohol motifs (C(OH)–C–C–N with tert-alkyl or cyclic N) is 1. The third-order valence-electron chi connectivity index (χ3n) is 2.64. The van der Waals surface area contributed by atoms with Crippen molar-refractivity contribution in [2.45, 2.75) is 25.0 Å². The van der Waals surface area contributed by atoms with E-state index in [2.05, 4.69) is 10.1 Å². The van der Waals surface area contributed by atoms with Crippen molar-refractivity contribution in [1.82, 2.24) is 10.2 Å². The number of carbonyl (C=O) groups excluding carboxylic acids is 2. The van der Waals surface area contributed by atoms with Gasteiger partial charge in [-0.05, 0) is 6.42 Å². The van der Waals surface area contributed by atoms with E-state index in [4.69, 9.17) is 5.11 Å². The predicted octanol–water partition coefficient (Wildman–Crippen LogP) is -1.22. The molecule has 1 heterocycles. The van der Waals surface area contributed by atoms with Crippen molar-refractivity contribution in [2.75, 3.05) is 20.2 Å². The van der Waals surface area contributed by atoms with Crippen LogP contribution in [0.25, 0.3) is 0 Å². The van der Waals surface area contributed by atoms with E-state index in [1.807, 2.05) is 0 Å². The molecule has 0 aromatic rings.